The van der Waals surface area contributed by atoms with Crippen molar-refractivity contribution in [3.05, 3.63) is 95.3 Å². The average molecular weight is 374 g/mol. The standard InChI is InChI=1S/C24H27N3O/c1-18(2)27(17-20-9-5-4-6-10-20)24(28)22-13-23(16-25-15-22)26-14-21-11-7-8-19(3)12-21/h4-13,15-16,18,26H,14,17H2,1-3H3. The highest BCUT2D eigenvalue weighted by atomic mass is 16.2. The van der Waals surface area contributed by atoms with Crippen molar-refractivity contribution >= 4 is 11.6 Å². The summed E-state index contributed by atoms with van der Waals surface area (Å²) in [6.07, 6.45) is 3.39. The van der Waals surface area contributed by atoms with E-state index in [-0.39, 0.29) is 11.9 Å². The van der Waals surface area contributed by atoms with Crippen LogP contribution in [0, 0.1) is 6.92 Å². The number of hydrogen-bond donors (Lipinski definition) is 1. The van der Waals surface area contributed by atoms with Crippen LogP contribution in [0.2, 0.25) is 0 Å². The minimum atomic E-state index is -0.00874. The number of rotatable bonds is 7. The molecule has 4 nitrogen and oxygen atoms in total. The van der Waals surface area contributed by atoms with Gasteiger partial charge in [-0.15, -0.1) is 0 Å². The lowest BCUT2D eigenvalue weighted by molar-refractivity contribution is 0.0690. The Bertz CT molecular complexity index is 922. The quantitative estimate of drug-likeness (QED) is 0.630. The van der Waals surface area contributed by atoms with Crippen molar-refractivity contribution in [1.82, 2.24) is 9.88 Å². The summed E-state index contributed by atoms with van der Waals surface area (Å²) in [5.74, 6) is -0.00874. The summed E-state index contributed by atoms with van der Waals surface area (Å²) in [4.78, 5) is 19.3. The zero-order valence-electron chi connectivity index (χ0n) is 16.7. The number of nitrogens with one attached hydrogen (secondary N) is 1. The van der Waals surface area contributed by atoms with Gasteiger partial charge in [0, 0.05) is 31.5 Å². The molecule has 144 valence electrons. The topological polar surface area (TPSA) is 45.2 Å². The molecule has 0 saturated carbocycles. The van der Waals surface area contributed by atoms with E-state index in [1.165, 1.54) is 11.1 Å². The molecule has 0 aliphatic carbocycles. The molecule has 2 aromatic carbocycles. The highest BCUT2D eigenvalue weighted by Gasteiger charge is 2.19. The van der Waals surface area contributed by atoms with E-state index < -0.39 is 0 Å². The molecule has 1 N–H and O–H groups in total. The lowest BCUT2D eigenvalue weighted by Crippen LogP contribution is -2.36. The van der Waals surface area contributed by atoms with Crippen LogP contribution in [-0.2, 0) is 13.1 Å². The van der Waals surface area contributed by atoms with E-state index in [4.69, 9.17) is 0 Å². The molecule has 0 bridgehead atoms. The molecule has 4 heteroatoms. The summed E-state index contributed by atoms with van der Waals surface area (Å²) in [5.41, 5.74) is 4.99. The van der Waals surface area contributed by atoms with Gasteiger partial charge in [-0.25, -0.2) is 0 Å². The van der Waals surface area contributed by atoms with E-state index in [9.17, 15) is 4.79 Å². The van der Waals surface area contributed by atoms with Crippen molar-refractivity contribution in [2.45, 2.75) is 39.9 Å². The second-order valence-corrected chi connectivity index (χ2v) is 7.32. The van der Waals surface area contributed by atoms with E-state index in [0.717, 1.165) is 11.3 Å². The Hall–Kier alpha value is -3.14. The number of nitrogens with zero attached hydrogens (tertiary/aromatic N) is 2. The van der Waals surface area contributed by atoms with Crippen molar-refractivity contribution in [1.29, 1.82) is 0 Å². The number of carbonyl (C=O) groups excluding carboxylic acids is 1. The lowest BCUT2D eigenvalue weighted by atomic mass is 10.1. The number of amides is 1. The van der Waals surface area contributed by atoms with Crippen LogP contribution in [0.3, 0.4) is 0 Å². The molecule has 0 spiro atoms. The number of carbonyl (C=O) groups is 1. The van der Waals surface area contributed by atoms with Gasteiger partial charge in [-0.05, 0) is 38.0 Å². The first-order chi connectivity index (χ1) is 13.5. The maximum atomic E-state index is 13.1. The Morgan fingerprint density at radius 2 is 1.75 bits per heavy atom. The van der Waals surface area contributed by atoms with Crippen LogP contribution >= 0.6 is 0 Å². The molecule has 0 fully saturated rings. The van der Waals surface area contributed by atoms with E-state index >= 15 is 0 Å². The van der Waals surface area contributed by atoms with Gasteiger partial charge in [-0.3, -0.25) is 9.78 Å². The molecule has 1 heterocycles. The molecule has 0 saturated heterocycles. The normalized spacial score (nSPS) is 10.7. The Balaban J connectivity index is 1.72. The molecule has 3 aromatic rings. The van der Waals surface area contributed by atoms with Crippen LogP contribution in [0.4, 0.5) is 5.69 Å². The summed E-state index contributed by atoms with van der Waals surface area (Å²) in [7, 11) is 0. The SMILES string of the molecule is Cc1cccc(CNc2cncc(C(=O)N(Cc3ccccc3)C(C)C)c2)c1. The Morgan fingerprint density at radius 1 is 1.00 bits per heavy atom. The third kappa shape index (κ3) is 5.19. The second-order valence-electron chi connectivity index (χ2n) is 7.32. The smallest absolute Gasteiger partial charge is 0.256 e. The fraction of sp³-hybridized carbons (Fsp3) is 0.250. The minimum Gasteiger partial charge on any atom is -0.380 e. The second kappa shape index (κ2) is 9.18. The maximum Gasteiger partial charge on any atom is 0.256 e. The van der Waals surface area contributed by atoms with Crippen molar-refractivity contribution < 1.29 is 4.79 Å². The van der Waals surface area contributed by atoms with Gasteiger partial charge in [0.15, 0.2) is 0 Å². The highest BCUT2D eigenvalue weighted by Crippen LogP contribution is 2.16. The monoisotopic (exact) mass is 373 g/mol. The van der Waals surface area contributed by atoms with E-state index in [1.807, 2.05) is 55.1 Å². The van der Waals surface area contributed by atoms with E-state index in [2.05, 4.69) is 41.5 Å². The van der Waals surface area contributed by atoms with Crippen LogP contribution in [0.15, 0.2) is 73.1 Å². The maximum absolute atomic E-state index is 13.1. The third-order valence-electron chi connectivity index (χ3n) is 4.64. The van der Waals surface area contributed by atoms with Crippen molar-refractivity contribution in [3.63, 3.8) is 0 Å². The van der Waals surface area contributed by atoms with Gasteiger partial charge in [0.25, 0.3) is 5.91 Å². The van der Waals surface area contributed by atoms with Crippen LogP contribution in [0.1, 0.15) is 40.9 Å². The number of anilines is 1. The van der Waals surface area contributed by atoms with E-state index in [1.54, 1.807) is 12.4 Å². The Labute approximate surface area is 167 Å². The third-order valence-corrected chi connectivity index (χ3v) is 4.64. The van der Waals surface area contributed by atoms with Crippen molar-refractivity contribution in [2.24, 2.45) is 0 Å². The molecule has 1 amide bonds. The molecule has 28 heavy (non-hydrogen) atoms. The van der Waals surface area contributed by atoms with Crippen LogP contribution in [0.25, 0.3) is 0 Å². The highest BCUT2D eigenvalue weighted by molar-refractivity contribution is 5.94. The molecular formula is C24H27N3O. The van der Waals surface area contributed by atoms with Gasteiger partial charge in [-0.1, -0.05) is 60.2 Å². The molecule has 0 unspecified atom stereocenters. The lowest BCUT2D eigenvalue weighted by Gasteiger charge is -2.27. The first-order valence-corrected chi connectivity index (χ1v) is 9.62. The van der Waals surface area contributed by atoms with Crippen LogP contribution in [0.5, 0.6) is 0 Å². The predicted octanol–water partition coefficient (Wildman–Crippen LogP) is 5.05. The molecule has 0 atom stereocenters. The molecule has 3 rings (SSSR count). The molecule has 0 aliphatic heterocycles. The zero-order valence-corrected chi connectivity index (χ0v) is 16.7. The predicted molar refractivity (Wildman–Crippen MR) is 114 cm³/mol. The Kier molecular flexibility index (Phi) is 6.43. The van der Waals surface area contributed by atoms with Crippen molar-refractivity contribution in [3.8, 4) is 0 Å². The Morgan fingerprint density at radius 3 is 2.46 bits per heavy atom. The largest absolute Gasteiger partial charge is 0.380 e. The molecule has 0 radical (unpaired) electrons. The van der Waals surface area contributed by atoms with Gasteiger partial charge in [0.05, 0.1) is 11.3 Å². The fourth-order valence-electron chi connectivity index (χ4n) is 3.11. The molecule has 1 aromatic heterocycles. The van der Waals surface area contributed by atoms with Crippen molar-refractivity contribution in [2.75, 3.05) is 5.32 Å². The van der Waals surface area contributed by atoms with E-state index in [0.29, 0.717) is 18.7 Å². The number of pyridine rings is 1. The van der Waals surface area contributed by atoms with Gasteiger partial charge < -0.3 is 10.2 Å². The van der Waals surface area contributed by atoms with Crippen LogP contribution in [-0.4, -0.2) is 21.8 Å². The molecular weight excluding hydrogens is 346 g/mol. The summed E-state index contributed by atoms with van der Waals surface area (Å²) >= 11 is 0. The number of aryl methyl sites for hydroxylation is 1. The minimum absolute atomic E-state index is 0.00874. The van der Waals surface area contributed by atoms with Crippen LogP contribution < -0.4 is 5.32 Å². The first-order valence-electron chi connectivity index (χ1n) is 9.62. The van der Waals surface area contributed by atoms with Gasteiger partial charge in [0.1, 0.15) is 0 Å². The summed E-state index contributed by atoms with van der Waals surface area (Å²) in [5, 5.41) is 3.37. The van der Waals surface area contributed by atoms with Gasteiger partial charge in [0.2, 0.25) is 0 Å². The number of hydrogen-bond acceptors (Lipinski definition) is 3. The molecule has 0 aliphatic rings. The zero-order chi connectivity index (χ0) is 19.9. The first kappa shape index (κ1) is 19.6. The van der Waals surface area contributed by atoms with Gasteiger partial charge >= 0.3 is 0 Å². The summed E-state index contributed by atoms with van der Waals surface area (Å²) < 4.78 is 0. The fourth-order valence-corrected chi connectivity index (χ4v) is 3.11. The summed E-state index contributed by atoms with van der Waals surface area (Å²) in [6, 6.07) is 20.4. The average Bonchev–Trinajstić information content (AvgIpc) is 2.71. The number of benzene rings is 2. The summed E-state index contributed by atoms with van der Waals surface area (Å²) in [6.45, 7) is 7.43. The number of aromatic nitrogens is 1. The van der Waals surface area contributed by atoms with Gasteiger partial charge in [-0.2, -0.15) is 0 Å².